The van der Waals surface area contributed by atoms with Gasteiger partial charge in [-0.15, -0.1) is 0 Å². The summed E-state index contributed by atoms with van der Waals surface area (Å²) < 4.78 is 0. The van der Waals surface area contributed by atoms with Gasteiger partial charge >= 0.3 is 0 Å². The van der Waals surface area contributed by atoms with E-state index >= 15 is 0 Å². The summed E-state index contributed by atoms with van der Waals surface area (Å²) in [5.41, 5.74) is 3.89. The highest BCUT2D eigenvalue weighted by molar-refractivity contribution is 7.99. The number of ketones is 1. The van der Waals surface area contributed by atoms with Gasteiger partial charge in [0.05, 0.1) is 11.4 Å². The molecule has 0 saturated carbocycles. The van der Waals surface area contributed by atoms with Crippen molar-refractivity contribution in [2.45, 2.75) is 22.6 Å². The molecule has 5 rings (SSSR count). The predicted molar refractivity (Wildman–Crippen MR) is 137 cm³/mol. The largest absolute Gasteiger partial charge is 0.340 e. The first-order chi connectivity index (χ1) is 16.2. The lowest BCUT2D eigenvalue weighted by Gasteiger charge is -2.34. The first-order valence-electron chi connectivity index (χ1n) is 11.9. The lowest BCUT2D eigenvalue weighted by molar-refractivity contribution is 0.103. The van der Waals surface area contributed by atoms with Gasteiger partial charge in [-0.1, -0.05) is 54.2 Å². The van der Waals surface area contributed by atoms with Crippen LogP contribution in [0.1, 0.15) is 28.8 Å². The van der Waals surface area contributed by atoms with E-state index in [0.29, 0.717) is 0 Å². The van der Waals surface area contributed by atoms with Crippen molar-refractivity contribution in [1.82, 2.24) is 9.80 Å². The highest BCUT2D eigenvalue weighted by atomic mass is 32.2. The topological polar surface area (TPSA) is 26.8 Å². The minimum Gasteiger partial charge on any atom is -0.340 e. The molecular formula is C28H31N3OS. The molecule has 0 N–H and O–H groups in total. The van der Waals surface area contributed by atoms with Gasteiger partial charge in [-0.05, 0) is 56.8 Å². The SMILES string of the molecule is CN1CCN(CCCCN2c3ccccc3Sc3ccc(C(=O)c4ccccc4)cc32)CC1. The maximum absolute atomic E-state index is 13.1. The number of piperazine rings is 1. The molecule has 0 bridgehead atoms. The van der Waals surface area contributed by atoms with Crippen molar-refractivity contribution < 1.29 is 4.79 Å². The number of para-hydroxylation sites is 1. The highest BCUT2D eigenvalue weighted by Crippen LogP contribution is 2.48. The van der Waals surface area contributed by atoms with Crippen molar-refractivity contribution in [3.63, 3.8) is 0 Å². The Labute approximate surface area is 201 Å². The van der Waals surface area contributed by atoms with Crippen LogP contribution in [0, 0.1) is 0 Å². The monoisotopic (exact) mass is 457 g/mol. The van der Waals surface area contributed by atoms with Gasteiger partial charge < -0.3 is 14.7 Å². The van der Waals surface area contributed by atoms with Gasteiger partial charge in [0.15, 0.2) is 5.78 Å². The van der Waals surface area contributed by atoms with Crippen LogP contribution in [-0.4, -0.2) is 61.9 Å². The Bertz CT molecular complexity index is 1110. The van der Waals surface area contributed by atoms with E-state index in [1.807, 2.05) is 36.4 Å². The van der Waals surface area contributed by atoms with E-state index < -0.39 is 0 Å². The summed E-state index contributed by atoms with van der Waals surface area (Å²) in [6.45, 7) is 6.81. The van der Waals surface area contributed by atoms with Gasteiger partial charge in [0.1, 0.15) is 0 Å². The van der Waals surface area contributed by atoms with Crippen molar-refractivity contribution in [3.05, 3.63) is 83.9 Å². The van der Waals surface area contributed by atoms with Gasteiger partial charge in [0.2, 0.25) is 0 Å². The number of benzene rings is 3. The normalized spacial score (nSPS) is 16.3. The van der Waals surface area contributed by atoms with Gasteiger partial charge in [-0.3, -0.25) is 4.79 Å². The Morgan fingerprint density at radius 1 is 0.758 bits per heavy atom. The molecule has 3 aromatic rings. The fourth-order valence-corrected chi connectivity index (χ4v) is 5.72. The van der Waals surface area contributed by atoms with Gasteiger partial charge in [0, 0.05) is 53.6 Å². The molecule has 0 spiro atoms. The third kappa shape index (κ3) is 5.01. The molecule has 3 aromatic carbocycles. The van der Waals surface area contributed by atoms with E-state index in [-0.39, 0.29) is 5.78 Å². The summed E-state index contributed by atoms with van der Waals surface area (Å²) in [6.07, 6.45) is 2.31. The minimum atomic E-state index is 0.0808. The Morgan fingerprint density at radius 3 is 2.27 bits per heavy atom. The summed E-state index contributed by atoms with van der Waals surface area (Å²) in [6, 6.07) is 24.4. The van der Waals surface area contributed by atoms with Crippen LogP contribution in [-0.2, 0) is 0 Å². The zero-order chi connectivity index (χ0) is 22.6. The van der Waals surface area contributed by atoms with Crippen molar-refractivity contribution in [2.24, 2.45) is 0 Å². The van der Waals surface area contributed by atoms with E-state index in [1.165, 1.54) is 48.1 Å². The number of rotatable bonds is 7. The van der Waals surface area contributed by atoms with Crippen molar-refractivity contribution in [1.29, 1.82) is 0 Å². The second kappa shape index (κ2) is 10.1. The summed E-state index contributed by atoms with van der Waals surface area (Å²) in [5, 5.41) is 0. The van der Waals surface area contributed by atoms with Gasteiger partial charge in [-0.25, -0.2) is 0 Å². The fraction of sp³-hybridized carbons (Fsp3) is 0.321. The first-order valence-corrected chi connectivity index (χ1v) is 12.7. The molecule has 0 unspecified atom stereocenters. The third-order valence-electron chi connectivity index (χ3n) is 6.63. The molecule has 4 nitrogen and oxygen atoms in total. The van der Waals surface area contributed by atoms with E-state index in [2.05, 4.69) is 58.1 Å². The van der Waals surface area contributed by atoms with Crippen LogP contribution in [0.3, 0.4) is 0 Å². The first kappa shape index (κ1) is 22.2. The van der Waals surface area contributed by atoms with Crippen LogP contribution in [0.5, 0.6) is 0 Å². The Morgan fingerprint density at radius 2 is 1.45 bits per heavy atom. The van der Waals surface area contributed by atoms with Crippen molar-refractivity contribution in [2.75, 3.05) is 51.2 Å². The third-order valence-corrected chi connectivity index (χ3v) is 7.76. The van der Waals surface area contributed by atoms with Crippen LogP contribution >= 0.6 is 11.8 Å². The number of nitrogens with zero attached hydrogens (tertiary/aromatic N) is 3. The Balaban J connectivity index is 1.34. The number of carbonyl (C=O) groups is 1. The molecule has 1 saturated heterocycles. The highest BCUT2D eigenvalue weighted by Gasteiger charge is 2.24. The molecule has 0 aliphatic carbocycles. The number of hydrogen-bond acceptors (Lipinski definition) is 5. The van der Waals surface area contributed by atoms with Crippen LogP contribution in [0.25, 0.3) is 0 Å². The maximum atomic E-state index is 13.1. The molecule has 170 valence electrons. The van der Waals surface area contributed by atoms with Crippen LogP contribution < -0.4 is 4.90 Å². The number of likely N-dealkylation sites (N-methyl/N-ethyl adjacent to an activating group) is 1. The molecule has 33 heavy (non-hydrogen) atoms. The molecule has 5 heteroatoms. The van der Waals surface area contributed by atoms with E-state index in [9.17, 15) is 4.79 Å². The van der Waals surface area contributed by atoms with Crippen LogP contribution in [0.2, 0.25) is 0 Å². The van der Waals surface area contributed by atoms with Crippen molar-refractivity contribution >= 4 is 28.9 Å². The van der Waals surface area contributed by atoms with Crippen LogP contribution in [0.15, 0.2) is 82.6 Å². The lowest BCUT2D eigenvalue weighted by Crippen LogP contribution is -2.44. The summed E-state index contributed by atoms with van der Waals surface area (Å²) in [5.74, 6) is 0.0808. The predicted octanol–water partition coefficient (Wildman–Crippen LogP) is 5.55. The number of fused-ring (bicyclic) bond motifs is 2. The molecule has 0 atom stereocenters. The van der Waals surface area contributed by atoms with E-state index in [1.54, 1.807) is 11.8 Å². The molecule has 2 aliphatic heterocycles. The average molecular weight is 458 g/mol. The summed E-state index contributed by atoms with van der Waals surface area (Å²) >= 11 is 1.80. The molecule has 0 amide bonds. The molecule has 2 aliphatic rings. The molecular weight excluding hydrogens is 426 g/mol. The standard InChI is InChI=1S/C28H31N3OS/c1-29-17-19-30(20-18-29)15-7-8-16-31-24-11-5-6-12-26(24)33-27-14-13-23(21-25(27)31)28(32)22-9-3-2-4-10-22/h2-6,9-14,21H,7-8,15-20H2,1H3. The molecule has 0 aromatic heterocycles. The smallest absolute Gasteiger partial charge is 0.193 e. The maximum Gasteiger partial charge on any atom is 0.193 e. The summed E-state index contributed by atoms with van der Waals surface area (Å²) in [7, 11) is 2.21. The number of carbonyl (C=O) groups excluding carboxylic acids is 1. The second-order valence-corrected chi connectivity index (χ2v) is 10.0. The number of anilines is 2. The average Bonchev–Trinajstić information content (AvgIpc) is 2.87. The zero-order valence-corrected chi connectivity index (χ0v) is 20.1. The Hall–Kier alpha value is -2.60. The quantitative estimate of drug-likeness (QED) is 0.343. The van der Waals surface area contributed by atoms with Gasteiger partial charge in [0.25, 0.3) is 0 Å². The van der Waals surface area contributed by atoms with Gasteiger partial charge in [-0.2, -0.15) is 0 Å². The number of unbranched alkanes of at least 4 members (excludes halogenated alkanes) is 1. The number of hydrogen-bond donors (Lipinski definition) is 0. The molecule has 2 heterocycles. The van der Waals surface area contributed by atoms with Crippen molar-refractivity contribution in [3.8, 4) is 0 Å². The molecule has 1 fully saturated rings. The summed E-state index contributed by atoms with van der Waals surface area (Å²) in [4.78, 5) is 23.0. The van der Waals surface area contributed by atoms with E-state index in [0.717, 1.165) is 36.3 Å². The molecule has 0 radical (unpaired) electrons. The lowest BCUT2D eigenvalue weighted by atomic mass is 10.0. The Kier molecular flexibility index (Phi) is 6.81. The fourth-order valence-electron chi connectivity index (χ4n) is 4.64. The minimum absolute atomic E-state index is 0.0808. The van der Waals surface area contributed by atoms with Crippen LogP contribution in [0.4, 0.5) is 11.4 Å². The van der Waals surface area contributed by atoms with E-state index in [4.69, 9.17) is 0 Å². The zero-order valence-electron chi connectivity index (χ0n) is 19.2. The second-order valence-electron chi connectivity index (χ2n) is 8.95.